The Morgan fingerprint density at radius 2 is 1.97 bits per heavy atom. The summed E-state index contributed by atoms with van der Waals surface area (Å²) in [5, 5.41) is 7.89. The summed E-state index contributed by atoms with van der Waals surface area (Å²) < 4.78 is 0. The molecule has 2 aromatic carbocycles. The van der Waals surface area contributed by atoms with E-state index in [-0.39, 0.29) is 11.7 Å². The van der Waals surface area contributed by atoms with Crippen LogP contribution in [0.1, 0.15) is 12.5 Å². The van der Waals surface area contributed by atoms with Crippen LogP contribution in [0, 0.1) is 0 Å². The average molecular weight is 454 g/mol. The molecule has 0 atom stereocenters. The van der Waals surface area contributed by atoms with Crippen LogP contribution in [0.5, 0.6) is 0 Å². The van der Waals surface area contributed by atoms with Crippen molar-refractivity contribution in [1.82, 2.24) is 14.9 Å². The highest BCUT2D eigenvalue weighted by atomic mass is 32.2. The number of nitrogens with zero attached hydrogens (tertiary/aromatic N) is 3. The lowest BCUT2D eigenvalue weighted by molar-refractivity contribution is -0.113. The lowest BCUT2D eigenvalue weighted by Crippen LogP contribution is -2.31. The van der Waals surface area contributed by atoms with E-state index in [0.717, 1.165) is 48.6 Å². The zero-order chi connectivity index (χ0) is 21.5. The number of rotatable bonds is 8. The Bertz CT molecular complexity index is 1040. The fourth-order valence-corrected chi connectivity index (χ4v) is 5.14. The molecule has 0 spiro atoms. The summed E-state index contributed by atoms with van der Waals surface area (Å²) in [4.78, 5) is 24.2. The van der Waals surface area contributed by atoms with Gasteiger partial charge < -0.3 is 10.6 Å². The van der Waals surface area contributed by atoms with Crippen LogP contribution in [0.25, 0.3) is 10.9 Å². The summed E-state index contributed by atoms with van der Waals surface area (Å²) >= 11 is 3.36. The molecule has 2 N–H and O–H groups in total. The van der Waals surface area contributed by atoms with Gasteiger partial charge in [0.05, 0.1) is 11.3 Å². The maximum Gasteiger partial charge on any atom is 0.234 e. The van der Waals surface area contributed by atoms with Gasteiger partial charge in [-0.15, -0.1) is 0 Å². The molecule has 4 rings (SSSR count). The SMILES string of the molecule is CCNc1nc(SCC(=O)Nc2cccc(CN3CCSCC3)c2)nc2ccccc12. The van der Waals surface area contributed by atoms with E-state index in [1.807, 2.05) is 55.1 Å². The van der Waals surface area contributed by atoms with Crippen molar-refractivity contribution in [1.29, 1.82) is 0 Å². The van der Waals surface area contributed by atoms with Crippen LogP contribution >= 0.6 is 23.5 Å². The summed E-state index contributed by atoms with van der Waals surface area (Å²) in [6.07, 6.45) is 0. The van der Waals surface area contributed by atoms with E-state index in [9.17, 15) is 4.79 Å². The minimum Gasteiger partial charge on any atom is -0.370 e. The van der Waals surface area contributed by atoms with Crippen LogP contribution in [0.15, 0.2) is 53.7 Å². The predicted molar refractivity (Wildman–Crippen MR) is 132 cm³/mol. The van der Waals surface area contributed by atoms with Gasteiger partial charge in [-0.25, -0.2) is 9.97 Å². The highest BCUT2D eigenvalue weighted by molar-refractivity contribution is 7.99. The molecule has 0 aliphatic carbocycles. The van der Waals surface area contributed by atoms with Crippen molar-refractivity contribution in [2.75, 3.05) is 47.5 Å². The van der Waals surface area contributed by atoms with Crippen molar-refractivity contribution < 1.29 is 4.79 Å². The van der Waals surface area contributed by atoms with E-state index < -0.39 is 0 Å². The fourth-order valence-electron chi connectivity index (χ4n) is 3.51. The van der Waals surface area contributed by atoms with Crippen LogP contribution in [-0.4, -0.2) is 57.7 Å². The van der Waals surface area contributed by atoms with Crippen molar-refractivity contribution in [3.05, 3.63) is 54.1 Å². The zero-order valence-corrected chi connectivity index (χ0v) is 19.3. The number of carbonyl (C=O) groups is 1. The minimum atomic E-state index is -0.0571. The lowest BCUT2D eigenvalue weighted by Gasteiger charge is -2.26. The first-order valence-corrected chi connectivity index (χ1v) is 12.7. The van der Waals surface area contributed by atoms with Gasteiger partial charge in [-0.05, 0) is 36.8 Å². The van der Waals surface area contributed by atoms with Gasteiger partial charge in [0.1, 0.15) is 5.82 Å². The second-order valence-electron chi connectivity index (χ2n) is 7.33. The molecule has 0 saturated carbocycles. The first-order valence-electron chi connectivity index (χ1n) is 10.5. The molecule has 1 fully saturated rings. The van der Waals surface area contributed by atoms with E-state index in [0.29, 0.717) is 5.16 Å². The number of fused-ring (bicyclic) bond motifs is 1. The molecule has 1 aliphatic heterocycles. The minimum absolute atomic E-state index is 0.0571. The van der Waals surface area contributed by atoms with Gasteiger partial charge in [0, 0.05) is 48.8 Å². The van der Waals surface area contributed by atoms with Crippen LogP contribution in [0.4, 0.5) is 11.5 Å². The van der Waals surface area contributed by atoms with Crippen LogP contribution in [-0.2, 0) is 11.3 Å². The summed E-state index contributed by atoms with van der Waals surface area (Å²) in [6, 6.07) is 16.0. The highest BCUT2D eigenvalue weighted by Gasteiger charge is 2.12. The molecule has 0 radical (unpaired) electrons. The zero-order valence-electron chi connectivity index (χ0n) is 17.6. The largest absolute Gasteiger partial charge is 0.370 e. The first kappa shape index (κ1) is 21.9. The Kier molecular flexibility index (Phi) is 7.66. The standard InChI is InChI=1S/C23H27N5OS2/c1-2-24-22-19-8-3-4-9-20(19)26-23(27-22)31-16-21(29)25-18-7-5-6-17(14-18)15-28-10-12-30-13-11-28/h3-9,14H,2,10-13,15-16H2,1H3,(H,25,29)(H,24,26,27). The highest BCUT2D eigenvalue weighted by Crippen LogP contribution is 2.24. The van der Waals surface area contributed by atoms with Crippen molar-refractivity contribution in [3.63, 3.8) is 0 Å². The fraction of sp³-hybridized carbons (Fsp3) is 0.348. The molecule has 3 aromatic rings. The average Bonchev–Trinajstić information content (AvgIpc) is 2.79. The number of benzene rings is 2. The number of amides is 1. The Morgan fingerprint density at radius 1 is 1.13 bits per heavy atom. The third-order valence-corrected chi connectivity index (χ3v) is 6.77. The normalized spacial score (nSPS) is 14.5. The summed E-state index contributed by atoms with van der Waals surface area (Å²) in [5.74, 6) is 3.40. The number of thioether (sulfide) groups is 2. The van der Waals surface area contributed by atoms with E-state index in [4.69, 9.17) is 0 Å². The molecule has 0 bridgehead atoms. The topological polar surface area (TPSA) is 70.2 Å². The van der Waals surface area contributed by atoms with Gasteiger partial charge >= 0.3 is 0 Å². The van der Waals surface area contributed by atoms with E-state index in [1.165, 1.54) is 28.8 Å². The second-order valence-corrected chi connectivity index (χ2v) is 9.50. The smallest absolute Gasteiger partial charge is 0.234 e. The number of hydrogen-bond acceptors (Lipinski definition) is 7. The molecule has 6 nitrogen and oxygen atoms in total. The molecular formula is C23H27N5OS2. The quantitative estimate of drug-likeness (QED) is 0.388. The van der Waals surface area contributed by atoms with E-state index in [1.54, 1.807) is 0 Å². The monoisotopic (exact) mass is 453 g/mol. The molecule has 1 aromatic heterocycles. The van der Waals surface area contributed by atoms with Crippen LogP contribution in [0.2, 0.25) is 0 Å². The number of aromatic nitrogens is 2. The van der Waals surface area contributed by atoms with Crippen molar-refractivity contribution >= 4 is 51.8 Å². The maximum absolute atomic E-state index is 12.5. The summed E-state index contributed by atoms with van der Waals surface area (Å²) in [6.45, 7) is 5.99. The number of anilines is 2. The molecule has 31 heavy (non-hydrogen) atoms. The molecule has 1 amide bonds. The predicted octanol–water partition coefficient (Wildman–Crippen LogP) is 4.34. The molecule has 1 aliphatic rings. The van der Waals surface area contributed by atoms with Gasteiger partial charge in [0.15, 0.2) is 5.16 Å². The Hall–Kier alpha value is -2.29. The van der Waals surface area contributed by atoms with E-state index >= 15 is 0 Å². The number of para-hydroxylation sites is 1. The molecule has 2 heterocycles. The van der Waals surface area contributed by atoms with Crippen molar-refractivity contribution in [2.24, 2.45) is 0 Å². The lowest BCUT2D eigenvalue weighted by atomic mass is 10.2. The molecule has 0 unspecified atom stereocenters. The number of hydrogen-bond donors (Lipinski definition) is 2. The Labute approximate surface area is 191 Å². The molecule has 8 heteroatoms. The van der Waals surface area contributed by atoms with Crippen LogP contribution in [0.3, 0.4) is 0 Å². The molecular weight excluding hydrogens is 426 g/mol. The van der Waals surface area contributed by atoms with Crippen LogP contribution < -0.4 is 10.6 Å². The van der Waals surface area contributed by atoms with Gasteiger partial charge in [-0.1, -0.05) is 36.0 Å². The molecule has 162 valence electrons. The number of nitrogens with one attached hydrogen (secondary N) is 2. The van der Waals surface area contributed by atoms with Crippen molar-refractivity contribution in [3.8, 4) is 0 Å². The third-order valence-electron chi connectivity index (χ3n) is 4.98. The third kappa shape index (κ3) is 6.12. The van der Waals surface area contributed by atoms with Gasteiger partial charge in [-0.2, -0.15) is 11.8 Å². The number of carbonyl (C=O) groups excluding carboxylic acids is 1. The van der Waals surface area contributed by atoms with Gasteiger partial charge in [0.2, 0.25) is 5.91 Å². The maximum atomic E-state index is 12.5. The Morgan fingerprint density at radius 3 is 2.81 bits per heavy atom. The summed E-state index contributed by atoms with van der Waals surface area (Å²) in [5.41, 5.74) is 2.94. The van der Waals surface area contributed by atoms with Gasteiger partial charge in [0.25, 0.3) is 0 Å². The Balaban J connectivity index is 1.36. The van der Waals surface area contributed by atoms with E-state index in [2.05, 4.69) is 37.6 Å². The first-order chi connectivity index (χ1) is 15.2. The van der Waals surface area contributed by atoms with Crippen molar-refractivity contribution in [2.45, 2.75) is 18.6 Å². The van der Waals surface area contributed by atoms with Gasteiger partial charge in [-0.3, -0.25) is 9.69 Å². The molecule has 1 saturated heterocycles. The second kappa shape index (κ2) is 10.8. The summed E-state index contributed by atoms with van der Waals surface area (Å²) in [7, 11) is 0.